The van der Waals surface area contributed by atoms with Crippen LogP contribution in [0.5, 0.6) is 0 Å². The van der Waals surface area contributed by atoms with Crippen molar-refractivity contribution >= 4 is 29.4 Å². The van der Waals surface area contributed by atoms with Crippen LogP contribution in [0.25, 0.3) is 0 Å². The van der Waals surface area contributed by atoms with E-state index in [1.54, 1.807) is 31.2 Å². The van der Waals surface area contributed by atoms with Crippen LogP contribution in [0.4, 0.5) is 4.79 Å². The van der Waals surface area contributed by atoms with Gasteiger partial charge in [0.1, 0.15) is 12.1 Å². The van der Waals surface area contributed by atoms with Crippen molar-refractivity contribution < 1.29 is 14.4 Å². The Bertz CT molecular complexity index is 558. The summed E-state index contributed by atoms with van der Waals surface area (Å²) in [6.45, 7) is 1.13. The van der Waals surface area contributed by atoms with E-state index in [9.17, 15) is 14.4 Å². The Hall–Kier alpha value is -2.08. The molecule has 0 saturated carbocycles. The van der Waals surface area contributed by atoms with E-state index in [2.05, 4.69) is 5.32 Å². The number of imide groups is 1. The van der Waals surface area contributed by atoms with Crippen LogP contribution in [0.3, 0.4) is 0 Å². The lowest BCUT2D eigenvalue weighted by atomic mass is 9.92. The molecule has 2 rings (SSSR count). The van der Waals surface area contributed by atoms with Crippen LogP contribution in [-0.2, 0) is 15.1 Å². The monoisotopic (exact) mass is 281 g/mol. The van der Waals surface area contributed by atoms with Gasteiger partial charge in [-0.05, 0) is 24.6 Å². The lowest BCUT2D eigenvalue weighted by Crippen LogP contribution is -2.42. The Morgan fingerprint density at radius 1 is 1.37 bits per heavy atom. The normalized spacial score (nSPS) is 22.5. The zero-order chi connectivity index (χ0) is 14.2. The highest BCUT2D eigenvalue weighted by atomic mass is 35.5. The van der Waals surface area contributed by atoms with Gasteiger partial charge >= 0.3 is 6.03 Å². The summed E-state index contributed by atoms with van der Waals surface area (Å²) in [5, 5.41) is 3.08. The first-order valence-electron chi connectivity index (χ1n) is 5.53. The molecule has 1 aliphatic rings. The Labute approximate surface area is 114 Å². The van der Waals surface area contributed by atoms with E-state index >= 15 is 0 Å². The summed E-state index contributed by atoms with van der Waals surface area (Å²) in [6.07, 6.45) is 0. The molecule has 19 heavy (non-hydrogen) atoms. The maximum absolute atomic E-state index is 12.3. The minimum Gasteiger partial charge on any atom is -0.368 e. The number of halogens is 1. The molecule has 3 N–H and O–H groups in total. The molecule has 1 saturated heterocycles. The largest absolute Gasteiger partial charge is 0.368 e. The molecule has 1 heterocycles. The number of nitrogens with two attached hydrogens (primary N) is 1. The number of benzene rings is 1. The number of rotatable bonds is 3. The molecule has 0 spiro atoms. The number of urea groups is 1. The van der Waals surface area contributed by atoms with Gasteiger partial charge in [-0.2, -0.15) is 0 Å². The number of nitrogens with zero attached hydrogens (tertiary/aromatic N) is 1. The van der Waals surface area contributed by atoms with Crippen LogP contribution in [0.2, 0.25) is 5.02 Å². The third-order valence-electron chi connectivity index (χ3n) is 3.01. The summed E-state index contributed by atoms with van der Waals surface area (Å²) in [7, 11) is 0. The van der Waals surface area contributed by atoms with E-state index in [4.69, 9.17) is 17.3 Å². The summed E-state index contributed by atoms with van der Waals surface area (Å²) in [4.78, 5) is 35.7. The van der Waals surface area contributed by atoms with Crippen LogP contribution in [0.15, 0.2) is 24.3 Å². The van der Waals surface area contributed by atoms with Crippen molar-refractivity contribution in [1.82, 2.24) is 10.2 Å². The summed E-state index contributed by atoms with van der Waals surface area (Å²) in [6, 6.07) is 5.90. The highest BCUT2D eigenvalue weighted by Crippen LogP contribution is 2.29. The smallest absolute Gasteiger partial charge is 0.325 e. The number of primary amides is 1. The zero-order valence-corrected chi connectivity index (χ0v) is 10.9. The molecule has 4 amide bonds. The van der Waals surface area contributed by atoms with Crippen LogP contribution in [0, 0.1) is 0 Å². The Morgan fingerprint density at radius 3 is 2.47 bits per heavy atom. The Balaban J connectivity index is 2.35. The second kappa shape index (κ2) is 4.55. The van der Waals surface area contributed by atoms with Gasteiger partial charge in [0.2, 0.25) is 5.91 Å². The maximum Gasteiger partial charge on any atom is 0.325 e. The van der Waals surface area contributed by atoms with E-state index in [0.717, 1.165) is 4.90 Å². The molecule has 1 aromatic rings. The molecule has 0 aliphatic carbocycles. The lowest BCUT2D eigenvalue weighted by Gasteiger charge is -2.22. The molecule has 0 radical (unpaired) electrons. The molecule has 0 bridgehead atoms. The number of hydrogen-bond donors (Lipinski definition) is 2. The number of nitrogens with one attached hydrogen (secondary N) is 1. The minimum atomic E-state index is -1.21. The summed E-state index contributed by atoms with van der Waals surface area (Å²) >= 11 is 5.78. The quantitative estimate of drug-likeness (QED) is 0.794. The molecule has 100 valence electrons. The van der Waals surface area contributed by atoms with E-state index < -0.39 is 29.9 Å². The van der Waals surface area contributed by atoms with Crippen LogP contribution >= 0.6 is 11.6 Å². The van der Waals surface area contributed by atoms with Gasteiger partial charge in [0.05, 0.1) is 0 Å². The van der Waals surface area contributed by atoms with Crippen LogP contribution < -0.4 is 11.1 Å². The molecule has 1 aromatic carbocycles. The summed E-state index contributed by atoms with van der Waals surface area (Å²) < 4.78 is 0. The van der Waals surface area contributed by atoms with Crippen molar-refractivity contribution in [3.63, 3.8) is 0 Å². The van der Waals surface area contributed by atoms with Crippen LogP contribution in [0.1, 0.15) is 12.5 Å². The second-order valence-corrected chi connectivity index (χ2v) is 4.86. The first-order valence-corrected chi connectivity index (χ1v) is 5.91. The molecule has 0 aromatic heterocycles. The topological polar surface area (TPSA) is 92.5 Å². The molecule has 1 atom stereocenters. The SMILES string of the molecule is C[C@]1(c2ccc(Cl)cc2)NC(=O)N(CC(N)=O)C1=O. The Kier molecular flexibility index (Phi) is 3.20. The standard InChI is InChI=1S/C12H12ClN3O3/c1-12(7-2-4-8(13)5-3-7)10(18)16(6-9(14)17)11(19)15-12/h2-5H,6H2,1H3,(H2,14,17)(H,15,19)/t12-/m1/s1. The van der Waals surface area contributed by atoms with Crippen molar-refractivity contribution in [2.45, 2.75) is 12.5 Å². The van der Waals surface area contributed by atoms with Crippen molar-refractivity contribution in [3.05, 3.63) is 34.9 Å². The van der Waals surface area contributed by atoms with Crippen molar-refractivity contribution in [1.29, 1.82) is 0 Å². The molecule has 0 unspecified atom stereocenters. The van der Waals surface area contributed by atoms with E-state index in [0.29, 0.717) is 10.6 Å². The maximum atomic E-state index is 12.3. The lowest BCUT2D eigenvalue weighted by molar-refractivity contribution is -0.134. The van der Waals surface area contributed by atoms with E-state index in [-0.39, 0.29) is 0 Å². The van der Waals surface area contributed by atoms with Crippen molar-refractivity contribution in [2.24, 2.45) is 5.73 Å². The van der Waals surface area contributed by atoms with E-state index in [1.807, 2.05) is 0 Å². The van der Waals surface area contributed by atoms with Gasteiger partial charge < -0.3 is 11.1 Å². The highest BCUT2D eigenvalue weighted by Gasteiger charge is 2.49. The Morgan fingerprint density at radius 2 is 1.95 bits per heavy atom. The molecule has 1 aliphatic heterocycles. The average Bonchev–Trinajstić information content (AvgIpc) is 2.54. The summed E-state index contributed by atoms with van der Waals surface area (Å²) in [5.41, 5.74) is 4.39. The number of carbonyl (C=O) groups excluding carboxylic acids is 3. The number of amides is 4. The third kappa shape index (κ3) is 2.26. The van der Waals surface area contributed by atoms with Crippen molar-refractivity contribution in [2.75, 3.05) is 6.54 Å². The highest BCUT2D eigenvalue weighted by molar-refractivity contribution is 6.30. The molecule has 7 heteroatoms. The fourth-order valence-corrected chi connectivity index (χ4v) is 2.10. The summed E-state index contributed by atoms with van der Waals surface area (Å²) in [5.74, 6) is -1.26. The second-order valence-electron chi connectivity index (χ2n) is 4.42. The van der Waals surface area contributed by atoms with Gasteiger partial charge in [-0.25, -0.2) is 4.79 Å². The molecular weight excluding hydrogens is 270 g/mol. The zero-order valence-electron chi connectivity index (χ0n) is 10.1. The molecule has 6 nitrogen and oxygen atoms in total. The van der Waals surface area contributed by atoms with Gasteiger partial charge in [-0.3, -0.25) is 14.5 Å². The number of hydrogen-bond acceptors (Lipinski definition) is 3. The predicted octanol–water partition coefficient (Wildman–Crippen LogP) is 0.592. The fraction of sp³-hybridized carbons (Fsp3) is 0.250. The van der Waals surface area contributed by atoms with E-state index in [1.165, 1.54) is 0 Å². The van der Waals surface area contributed by atoms with Gasteiger partial charge in [0, 0.05) is 5.02 Å². The fourth-order valence-electron chi connectivity index (χ4n) is 1.98. The van der Waals surface area contributed by atoms with Gasteiger partial charge in [0.25, 0.3) is 5.91 Å². The molecular formula is C12H12ClN3O3. The number of carbonyl (C=O) groups is 3. The first kappa shape index (κ1) is 13.4. The average molecular weight is 282 g/mol. The predicted molar refractivity (Wildman–Crippen MR) is 68.2 cm³/mol. The third-order valence-corrected chi connectivity index (χ3v) is 3.26. The first-order chi connectivity index (χ1) is 8.84. The van der Waals surface area contributed by atoms with Crippen LogP contribution in [-0.4, -0.2) is 29.3 Å². The minimum absolute atomic E-state index is 0.437. The molecule has 1 fully saturated rings. The van der Waals surface area contributed by atoms with Gasteiger partial charge in [0.15, 0.2) is 0 Å². The van der Waals surface area contributed by atoms with Gasteiger partial charge in [-0.1, -0.05) is 23.7 Å². The van der Waals surface area contributed by atoms with Gasteiger partial charge in [-0.15, -0.1) is 0 Å². The van der Waals surface area contributed by atoms with Crippen molar-refractivity contribution in [3.8, 4) is 0 Å².